The maximum Gasteiger partial charge on any atom is 0.216 e. The van der Waals surface area contributed by atoms with Gasteiger partial charge in [-0.15, -0.1) is 0 Å². The summed E-state index contributed by atoms with van der Waals surface area (Å²) in [7, 11) is 0. The van der Waals surface area contributed by atoms with Crippen LogP contribution in [0.2, 0.25) is 0 Å². The van der Waals surface area contributed by atoms with E-state index in [1.807, 2.05) is 0 Å². The lowest BCUT2D eigenvalue weighted by atomic mass is 10.1. The lowest BCUT2D eigenvalue weighted by molar-refractivity contribution is 0.308. The highest BCUT2D eigenvalue weighted by Gasteiger charge is 1.94. The number of thiol groups is 1. The van der Waals surface area contributed by atoms with E-state index in [-0.39, 0.29) is 0 Å². The minimum absolute atomic E-state index is 0.373. The molecule has 0 aliphatic rings. The second-order valence-corrected chi connectivity index (χ2v) is 6.08. The summed E-state index contributed by atoms with van der Waals surface area (Å²) >= 11 is 8.64. The van der Waals surface area contributed by atoms with Gasteiger partial charge >= 0.3 is 0 Å². The third-order valence-corrected chi connectivity index (χ3v) is 3.47. The molecule has 0 saturated carbocycles. The number of hydrogen-bond acceptors (Lipinski definition) is 2. The quantitative estimate of drug-likeness (QED) is 0.256. The zero-order valence-electron chi connectivity index (χ0n) is 12.0. The fourth-order valence-corrected chi connectivity index (χ4v) is 2.28. The van der Waals surface area contributed by atoms with Crippen LogP contribution in [-0.2, 0) is 4.74 Å². The van der Waals surface area contributed by atoms with Crippen LogP contribution in [0.5, 0.6) is 0 Å². The van der Waals surface area contributed by atoms with Gasteiger partial charge in [-0.2, -0.15) is 0 Å². The topological polar surface area (TPSA) is 9.23 Å². The molecule has 18 heavy (non-hydrogen) atoms. The van der Waals surface area contributed by atoms with Crippen molar-refractivity contribution in [1.29, 1.82) is 0 Å². The second-order valence-electron chi connectivity index (χ2n) is 5.00. The number of ether oxygens (including phenoxy) is 1. The van der Waals surface area contributed by atoms with Crippen molar-refractivity contribution < 1.29 is 4.74 Å². The van der Waals surface area contributed by atoms with Gasteiger partial charge in [-0.05, 0) is 18.6 Å². The van der Waals surface area contributed by atoms with Crippen LogP contribution in [0.3, 0.4) is 0 Å². The van der Waals surface area contributed by atoms with Crippen LogP contribution in [0.4, 0.5) is 0 Å². The molecule has 0 amide bonds. The number of hydrogen-bond donors (Lipinski definition) is 1. The first kappa shape index (κ1) is 18.2. The minimum Gasteiger partial charge on any atom is -0.479 e. The molecule has 0 fully saturated rings. The number of unbranched alkanes of at least 4 members (excludes halogenated alkanes) is 11. The molecule has 1 nitrogen and oxygen atoms in total. The van der Waals surface area contributed by atoms with E-state index in [0.717, 1.165) is 13.0 Å². The Kier molecular flexibility index (Phi) is 15.5. The van der Waals surface area contributed by atoms with E-state index in [4.69, 9.17) is 17.0 Å². The van der Waals surface area contributed by atoms with Crippen LogP contribution in [0.15, 0.2) is 0 Å². The summed E-state index contributed by atoms with van der Waals surface area (Å²) in [6.07, 6.45) is 16.4. The molecule has 0 bridgehead atoms. The number of thiocarbonyl (C=S) groups is 1. The van der Waals surface area contributed by atoms with E-state index in [1.54, 1.807) is 0 Å². The van der Waals surface area contributed by atoms with Gasteiger partial charge in [-0.25, -0.2) is 0 Å². The first-order valence-electron chi connectivity index (χ1n) is 7.63. The predicted molar refractivity (Wildman–Crippen MR) is 88.6 cm³/mol. The van der Waals surface area contributed by atoms with E-state index in [1.165, 1.54) is 70.6 Å². The summed E-state index contributed by atoms with van der Waals surface area (Å²) < 4.78 is 5.50. The molecule has 0 atom stereocenters. The standard InChI is InChI=1S/C15H30OS2/c1-2-3-4-5-6-7-8-9-10-11-12-13-14-16-15(17)18/h2-14H2,1H3,(H,17,18). The molecule has 0 unspecified atom stereocenters. The fourth-order valence-electron chi connectivity index (χ4n) is 2.10. The Balaban J connectivity index is 2.92. The highest BCUT2D eigenvalue weighted by atomic mass is 32.1. The maximum atomic E-state index is 5.13. The van der Waals surface area contributed by atoms with Crippen LogP contribution in [0.25, 0.3) is 0 Å². The molecule has 0 aromatic carbocycles. The molecular weight excluding hydrogens is 260 g/mol. The molecule has 0 aromatic heterocycles. The molecule has 0 heterocycles. The van der Waals surface area contributed by atoms with Crippen molar-refractivity contribution >= 4 is 29.2 Å². The first-order valence-corrected chi connectivity index (χ1v) is 8.48. The van der Waals surface area contributed by atoms with Gasteiger partial charge in [-0.3, -0.25) is 0 Å². The SMILES string of the molecule is CCCCCCCCCCCCCCOC(=S)S. The van der Waals surface area contributed by atoms with Crippen molar-refractivity contribution in [3.05, 3.63) is 0 Å². The van der Waals surface area contributed by atoms with Crippen LogP contribution < -0.4 is 0 Å². The largest absolute Gasteiger partial charge is 0.479 e. The van der Waals surface area contributed by atoms with Crippen molar-refractivity contribution in [2.45, 2.75) is 84.0 Å². The normalized spacial score (nSPS) is 10.6. The monoisotopic (exact) mass is 290 g/mol. The van der Waals surface area contributed by atoms with E-state index < -0.39 is 0 Å². The Morgan fingerprint density at radius 1 is 0.778 bits per heavy atom. The van der Waals surface area contributed by atoms with Crippen LogP contribution in [-0.4, -0.2) is 11.0 Å². The van der Waals surface area contributed by atoms with Gasteiger partial charge in [0.15, 0.2) is 0 Å². The molecular formula is C15H30OS2. The smallest absolute Gasteiger partial charge is 0.216 e. The van der Waals surface area contributed by atoms with Crippen LogP contribution >= 0.6 is 24.8 Å². The Morgan fingerprint density at radius 3 is 1.56 bits per heavy atom. The van der Waals surface area contributed by atoms with Crippen molar-refractivity contribution in [3.63, 3.8) is 0 Å². The van der Waals surface area contributed by atoms with Gasteiger partial charge in [0.2, 0.25) is 4.38 Å². The summed E-state index contributed by atoms with van der Waals surface area (Å²) in [6, 6.07) is 0. The lowest BCUT2D eigenvalue weighted by Gasteiger charge is -2.03. The van der Waals surface area contributed by atoms with E-state index in [9.17, 15) is 0 Å². The summed E-state index contributed by atoms with van der Waals surface area (Å²) in [4.78, 5) is 0. The molecule has 3 heteroatoms. The highest BCUT2D eigenvalue weighted by molar-refractivity contribution is 8.10. The molecule has 0 aromatic rings. The maximum absolute atomic E-state index is 5.13. The van der Waals surface area contributed by atoms with E-state index in [2.05, 4.69) is 19.6 Å². The molecule has 0 N–H and O–H groups in total. The molecule has 0 radical (unpaired) electrons. The van der Waals surface area contributed by atoms with Gasteiger partial charge < -0.3 is 4.74 Å². The Bertz CT molecular complexity index is 183. The first-order chi connectivity index (χ1) is 8.77. The zero-order valence-corrected chi connectivity index (χ0v) is 13.7. The van der Waals surface area contributed by atoms with Crippen molar-refractivity contribution in [2.24, 2.45) is 0 Å². The fraction of sp³-hybridized carbons (Fsp3) is 0.933. The molecule has 0 spiro atoms. The van der Waals surface area contributed by atoms with Crippen molar-refractivity contribution in [3.8, 4) is 0 Å². The Labute approximate surface area is 124 Å². The zero-order chi connectivity index (χ0) is 13.5. The lowest BCUT2D eigenvalue weighted by Crippen LogP contribution is -1.95. The van der Waals surface area contributed by atoms with E-state index >= 15 is 0 Å². The average Bonchev–Trinajstić information content (AvgIpc) is 2.34. The summed E-state index contributed by atoms with van der Waals surface area (Å²) in [6.45, 7) is 3.01. The minimum atomic E-state index is 0.373. The molecule has 0 aliphatic heterocycles. The Morgan fingerprint density at radius 2 is 1.17 bits per heavy atom. The predicted octanol–water partition coefficient (Wildman–Crippen LogP) is 5.92. The third kappa shape index (κ3) is 16.2. The van der Waals surface area contributed by atoms with Gasteiger partial charge in [0.1, 0.15) is 0 Å². The van der Waals surface area contributed by atoms with Crippen LogP contribution in [0, 0.1) is 0 Å². The average molecular weight is 291 g/mol. The second kappa shape index (κ2) is 15.3. The van der Waals surface area contributed by atoms with Gasteiger partial charge in [-0.1, -0.05) is 90.2 Å². The third-order valence-electron chi connectivity index (χ3n) is 3.22. The number of rotatable bonds is 13. The molecule has 108 valence electrons. The van der Waals surface area contributed by atoms with Gasteiger partial charge in [0.05, 0.1) is 6.61 Å². The van der Waals surface area contributed by atoms with Gasteiger partial charge in [0.25, 0.3) is 0 Å². The Hall–Kier alpha value is 0.240. The van der Waals surface area contributed by atoms with Gasteiger partial charge in [0, 0.05) is 0 Å². The van der Waals surface area contributed by atoms with Crippen molar-refractivity contribution in [1.82, 2.24) is 0 Å². The van der Waals surface area contributed by atoms with Crippen molar-refractivity contribution in [2.75, 3.05) is 6.61 Å². The molecule has 0 rings (SSSR count). The summed E-state index contributed by atoms with van der Waals surface area (Å²) in [5.74, 6) is 0. The highest BCUT2D eigenvalue weighted by Crippen LogP contribution is 2.11. The van der Waals surface area contributed by atoms with Crippen LogP contribution in [0.1, 0.15) is 84.0 Å². The van der Waals surface area contributed by atoms with E-state index in [0.29, 0.717) is 4.38 Å². The summed E-state index contributed by atoms with van der Waals surface area (Å²) in [5, 5.41) is 0. The molecule has 0 saturated heterocycles. The summed E-state index contributed by atoms with van der Waals surface area (Å²) in [5.41, 5.74) is 0. The molecule has 0 aliphatic carbocycles.